The summed E-state index contributed by atoms with van der Waals surface area (Å²) >= 11 is 6.17. The molecule has 3 N–H and O–H groups in total. The molecule has 0 aliphatic rings. The molecule has 1 aromatic heterocycles. The van der Waals surface area contributed by atoms with Crippen molar-refractivity contribution < 1.29 is 90.2 Å². The number of hydrogen-bond acceptors (Lipinski definition) is 15. The molecule has 0 saturated heterocycles. The molecule has 296 valence electrons. The SMILES string of the molecule is CCCCCCCCCCCCNc1nc(Cl)nc(Nc2ccc3c([O-])c(N=Nc4ccc(N=Nc5ccc(S(=O)(=O)[O-])cc5)cc4)c(S(=O)(=O)O)cc3c2)n1.[Na+].[Na+]. The van der Waals surface area contributed by atoms with Crippen LogP contribution in [0.5, 0.6) is 5.75 Å². The van der Waals surface area contributed by atoms with Gasteiger partial charge in [-0.3, -0.25) is 4.55 Å². The van der Waals surface area contributed by atoms with Gasteiger partial charge in [0.2, 0.25) is 17.2 Å². The zero-order chi connectivity index (χ0) is 40.1. The Kier molecular flexibility index (Phi) is 20.0. The van der Waals surface area contributed by atoms with Crippen LogP contribution in [0.15, 0.2) is 103 Å². The van der Waals surface area contributed by atoms with E-state index in [-0.39, 0.29) is 86.8 Å². The molecule has 0 saturated carbocycles. The van der Waals surface area contributed by atoms with E-state index >= 15 is 0 Å². The molecule has 21 heteroatoms. The summed E-state index contributed by atoms with van der Waals surface area (Å²) < 4.78 is 68.2. The van der Waals surface area contributed by atoms with E-state index in [0.717, 1.165) is 31.0 Å². The molecular formula is C37H40ClN9Na2O7S2. The van der Waals surface area contributed by atoms with Crippen molar-refractivity contribution in [3.05, 3.63) is 78.1 Å². The third-order valence-corrected chi connectivity index (χ3v) is 10.4. The largest absolute Gasteiger partial charge is 1.00 e. The second-order valence-electron chi connectivity index (χ2n) is 12.8. The van der Waals surface area contributed by atoms with Crippen LogP contribution < -0.4 is 74.9 Å². The Bertz CT molecular complexity index is 2410. The predicted octanol–water partition coefficient (Wildman–Crippen LogP) is 3.82. The van der Waals surface area contributed by atoms with Crippen LogP contribution in [0.25, 0.3) is 10.8 Å². The Morgan fingerprint density at radius 3 is 1.76 bits per heavy atom. The van der Waals surface area contributed by atoms with E-state index in [4.69, 9.17) is 11.6 Å². The average Bonchev–Trinajstić information content (AvgIpc) is 3.15. The van der Waals surface area contributed by atoms with Crippen LogP contribution in [0.3, 0.4) is 0 Å². The van der Waals surface area contributed by atoms with Gasteiger partial charge in [0.05, 0.1) is 27.6 Å². The monoisotopic (exact) mass is 867 g/mol. The van der Waals surface area contributed by atoms with Gasteiger partial charge in [-0.2, -0.15) is 38.7 Å². The Morgan fingerprint density at radius 1 is 0.690 bits per heavy atom. The van der Waals surface area contributed by atoms with Gasteiger partial charge in [0.1, 0.15) is 15.0 Å². The van der Waals surface area contributed by atoms with Crippen LogP contribution in [0.4, 0.5) is 40.3 Å². The molecule has 0 spiro atoms. The first-order chi connectivity index (χ1) is 26.8. The zero-order valence-electron chi connectivity index (χ0n) is 32.4. The van der Waals surface area contributed by atoms with Crippen molar-refractivity contribution in [3.8, 4) is 5.75 Å². The van der Waals surface area contributed by atoms with E-state index in [1.807, 2.05) is 0 Å². The number of halogens is 1. The van der Waals surface area contributed by atoms with Crippen LogP contribution in [0.2, 0.25) is 5.28 Å². The van der Waals surface area contributed by atoms with Crippen LogP contribution in [-0.4, -0.2) is 47.4 Å². The van der Waals surface area contributed by atoms with E-state index in [1.165, 1.54) is 99.9 Å². The van der Waals surface area contributed by atoms with Gasteiger partial charge < -0.3 is 20.3 Å². The first kappa shape index (κ1) is 49.2. The van der Waals surface area contributed by atoms with Crippen molar-refractivity contribution in [3.63, 3.8) is 0 Å². The maximum atomic E-state index is 13.5. The average molecular weight is 868 g/mol. The molecule has 5 aromatic rings. The van der Waals surface area contributed by atoms with E-state index in [2.05, 4.69) is 53.0 Å². The fourth-order valence-electron chi connectivity index (χ4n) is 5.62. The summed E-state index contributed by atoms with van der Waals surface area (Å²) in [6.07, 6.45) is 12.2. The molecule has 0 fully saturated rings. The molecule has 4 aromatic carbocycles. The van der Waals surface area contributed by atoms with Gasteiger partial charge in [0.25, 0.3) is 10.1 Å². The minimum absolute atomic E-state index is 0. The molecule has 58 heavy (non-hydrogen) atoms. The fourth-order valence-corrected chi connectivity index (χ4v) is 6.91. The second-order valence-corrected chi connectivity index (χ2v) is 15.9. The first-order valence-electron chi connectivity index (χ1n) is 18.0. The summed E-state index contributed by atoms with van der Waals surface area (Å²) in [4.78, 5) is 11.5. The van der Waals surface area contributed by atoms with E-state index in [0.29, 0.717) is 29.6 Å². The fraction of sp³-hybridized carbons (Fsp3) is 0.324. The van der Waals surface area contributed by atoms with Crippen LogP contribution in [0.1, 0.15) is 71.1 Å². The summed E-state index contributed by atoms with van der Waals surface area (Å²) in [5.74, 6) is -0.371. The number of unbranched alkanes of at least 4 members (excludes halogenated alkanes) is 9. The number of azo groups is 2. The summed E-state index contributed by atoms with van der Waals surface area (Å²) in [5.41, 5.74) is 0.713. The summed E-state index contributed by atoms with van der Waals surface area (Å²) in [7, 11) is -9.51. The van der Waals surface area contributed by atoms with Crippen molar-refractivity contribution in [2.45, 2.75) is 80.9 Å². The van der Waals surface area contributed by atoms with Gasteiger partial charge in [0, 0.05) is 12.2 Å². The molecule has 0 aliphatic heterocycles. The minimum Gasteiger partial charge on any atom is -0.871 e. The van der Waals surface area contributed by atoms with Gasteiger partial charge in [0.15, 0.2) is 0 Å². The number of benzene rings is 4. The van der Waals surface area contributed by atoms with Crippen molar-refractivity contribution >= 4 is 82.9 Å². The van der Waals surface area contributed by atoms with Crippen LogP contribution >= 0.6 is 11.6 Å². The zero-order valence-corrected chi connectivity index (χ0v) is 38.8. The molecule has 0 bridgehead atoms. The molecule has 0 unspecified atom stereocenters. The van der Waals surface area contributed by atoms with Crippen molar-refractivity contribution in [1.82, 2.24) is 15.0 Å². The topological polar surface area (TPSA) is 247 Å². The molecule has 1 heterocycles. The van der Waals surface area contributed by atoms with Gasteiger partial charge in [-0.1, -0.05) is 76.5 Å². The predicted molar refractivity (Wildman–Crippen MR) is 211 cm³/mol. The standard InChI is InChI=1S/C37H42ClN9O7S2.2Na/c1-2-3-4-5-6-7-8-9-10-11-22-39-36-41-35(38)42-37(43-36)40-29-18-21-31-25(23-29)24-32(56(52,53)54)33(34(31)48)47-46-27-14-12-26(13-15-27)44-45-28-16-19-30(20-17-28)55(49,50)51;;/h12-21,23-24,48H,2-11,22H2,1H3,(H,49,50,51)(H,52,53,54)(H2,39,40,41,42,43);;/q;2*+1/p-2. The number of nitrogens with zero attached hydrogens (tertiary/aromatic N) is 7. The van der Waals surface area contributed by atoms with Gasteiger partial charge >= 0.3 is 59.1 Å². The van der Waals surface area contributed by atoms with E-state index in [9.17, 15) is 31.0 Å². The van der Waals surface area contributed by atoms with Crippen molar-refractivity contribution in [1.29, 1.82) is 0 Å². The Morgan fingerprint density at radius 2 is 1.21 bits per heavy atom. The number of aromatic nitrogens is 3. The summed E-state index contributed by atoms with van der Waals surface area (Å²) in [6.45, 7) is 2.88. The van der Waals surface area contributed by atoms with Crippen LogP contribution in [-0.2, 0) is 20.2 Å². The maximum absolute atomic E-state index is 13.5. The van der Waals surface area contributed by atoms with Gasteiger partial charge in [-0.05, 0) is 95.5 Å². The van der Waals surface area contributed by atoms with Crippen molar-refractivity contribution in [2.75, 3.05) is 17.2 Å². The molecule has 0 amide bonds. The quantitative estimate of drug-likeness (QED) is 0.0438. The smallest absolute Gasteiger partial charge is 0.871 e. The summed E-state index contributed by atoms with van der Waals surface area (Å²) in [5, 5.41) is 35.8. The second kappa shape index (κ2) is 23.6. The summed E-state index contributed by atoms with van der Waals surface area (Å²) in [6, 6.07) is 16.5. The molecular weight excluding hydrogens is 828 g/mol. The number of hydrogen-bond donors (Lipinski definition) is 3. The third-order valence-electron chi connectivity index (χ3n) is 8.51. The number of rotatable bonds is 20. The molecule has 5 rings (SSSR count). The molecule has 0 atom stereocenters. The Labute approximate surface area is 386 Å². The first-order valence-corrected chi connectivity index (χ1v) is 21.2. The Balaban J connectivity index is 0.00000450. The van der Waals surface area contributed by atoms with Gasteiger partial charge in [-0.15, -0.1) is 5.11 Å². The molecule has 0 aliphatic carbocycles. The molecule has 16 nitrogen and oxygen atoms in total. The number of nitrogens with one attached hydrogen (secondary N) is 2. The van der Waals surface area contributed by atoms with E-state index in [1.54, 1.807) is 6.07 Å². The Hall–Kier alpha value is -3.14. The molecule has 0 radical (unpaired) electrons. The normalized spacial score (nSPS) is 11.8. The third kappa shape index (κ3) is 15.2. The maximum Gasteiger partial charge on any atom is 1.00 e. The van der Waals surface area contributed by atoms with E-state index < -0.39 is 41.5 Å². The van der Waals surface area contributed by atoms with Gasteiger partial charge in [-0.25, -0.2) is 8.42 Å². The number of fused-ring (bicyclic) bond motifs is 1. The van der Waals surface area contributed by atoms with Crippen molar-refractivity contribution in [2.24, 2.45) is 20.5 Å². The number of anilines is 3. The minimum atomic E-state index is -4.92. The van der Waals surface area contributed by atoms with Crippen LogP contribution in [0, 0.1) is 0 Å².